The first-order chi connectivity index (χ1) is 7.66. The Morgan fingerprint density at radius 2 is 2.38 bits per heavy atom. The molecule has 2 heterocycles. The molecule has 82 valence electrons. The minimum atomic E-state index is -0.546. The van der Waals surface area contributed by atoms with Crippen molar-refractivity contribution >= 4 is 28.2 Å². The summed E-state index contributed by atoms with van der Waals surface area (Å²) in [5.74, 6) is -0.268. The Kier molecular flexibility index (Phi) is 2.60. The zero-order valence-electron chi connectivity index (χ0n) is 7.71. The van der Waals surface area contributed by atoms with Gasteiger partial charge in [0.05, 0.1) is 9.80 Å². The molecule has 2 N–H and O–H groups in total. The lowest BCUT2D eigenvalue weighted by Crippen LogP contribution is -2.11. The fourth-order valence-corrected chi connectivity index (χ4v) is 1.70. The topological polar surface area (TPSA) is 114 Å². The monoisotopic (exact) mass is 239 g/mol. The third kappa shape index (κ3) is 2.03. The van der Waals surface area contributed by atoms with Gasteiger partial charge in [0.25, 0.3) is 5.91 Å². The summed E-state index contributed by atoms with van der Waals surface area (Å²) >= 11 is 0.798. The van der Waals surface area contributed by atoms with Crippen LogP contribution in [0.4, 0.5) is 10.9 Å². The Morgan fingerprint density at radius 1 is 1.56 bits per heavy atom. The van der Waals surface area contributed by atoms with Crippen molar-refractivity contribution in [3.8, 4) is 0 Å². The van der Waals surface area contributed by atoms with Crippen LogP contribution in [0.1, 0.15) is 9.67 Å². The quantitative estimate of drug-likeness (QED) is 0.613. The highest BCUT2D eigenvalue weighted by Crippen LogP contribution is 2.24. The van der Waals surface area contributed by atoms with Gasteiger partial charge in [0.2, 0.25) is 5.95 Å². The summed E-state index contributed by atoms with van der Waals surface area (Å²) in [6, 6.07) is 2.66. The van der Waals surface area contributed by atoms with E-state index in [4.69, 9.17) is 0 Å². The molecule has 0 aliphatic carbocycles. The van der Waals surface area contributed by atoms with Gasteiger partial charge >= 0.3 is 5.00 Å². The highest BCUT2D eigenvalue weighted by atomic mass is 32.1. The first-order valence-electron chi connectivity index (χ1n) is 4.08. The first kappa shape index (κ1) is 10.2. The normalized spacial score (nSPS) is 10.0. The minimum Gasteiger partial charge on any atom is -0.290 e. The number of thiophene rings is 1. The third-order valence-corrected chi connectivity index (χ3v) is 2.68. The molecule has 0 bridgehead atoms. The van der Waals surface area contributed by atoms with E-state index in [0.29, 0.717) is 0 Å². The van der Waals surface area contributed by atoms with Crippen LogP contribution in [0.3, 0.4) is 0 Å². The predicted molar refractivity (Wildman–Crippen MR) is 55.3 cm³/mol. The van der Waals surface area contributed by atoms with E-state index in [1.165, 1.54) is 18.5 Å². The van der Waals surface area contributed by atoms with Crippen molar-refractivity contribution in [3.05, 3.63) is 33.5 Å². The molecule has 1 amide bonds. The zero-order chi connectivity index (χ0) is 11.5. The van der Waals surface area contributed by atoms with Crippen LogP contribution in [0.25, 0.3) is 0 Å². The van der Waals surface area contributed by atoms with E-state index >= 15 is 0 Å². The van der Waals surface area contributed by atoms with Gasteiger partial charge in [0.1, 0.15) is 6.33 Å². The third-order valence-electron chi connectivity index (χ3n) is 1.64. The van der Waals surface area contributed by atoms with Gasteiger partial charge in [-0.3, -0.25) is 20.2 Å². The van der Waals surface area contributed by atoms with E-state index in [-0.39, 0.29) is 15.8 Å². The van der Waals surface area contributed by atoms with Gasteiger partial charge in [-0.05, 0) is 6.07 Å². The maximum atomic E-state index is 11.5. The molecule has 0 aliphatic heterocycles. The van der Waals surface area contributed by atoms with E-state index in [9.17, 15) is 14.9 Å². The number of anilines is 1. The number of H-pyrrole nitrogens is 1. The molecule has 2 aromatic heterocycles. The first-order valence-corrected chi connectivity index (χ1v) is 4.89. The van der Waals surface area contributed by atoms with Crippen LogP contribution in [0.2, 0.25) is 0 Å². The highest BCUT2D eigenvalue weighted by molar-refractivity contribution is 7.17. The van der Waals surface area contributed by atoms with Gasteiger partial charge in [-0.1, -0.05) is 11.3 Å². The number of carbonyl (C=O) groups is 1. The Bertz CT molecular complexity index is 520. The maximum Gasteiger partial charge on any atom is 0.324 e. The number of hydrogen-bond donors (Lipinski definition) is 2. The fourth-order valence-electron chi connectivity index (χ4n) is 0.983. The second kappa shape index (κ2) is 4.06. The summed E-state index contributed by atoms with van der Waals surface area (Å²) in [4.78, 5) is 25.3. The Balaban J connectivity index is 2.12. The van der Waals surface area contributed by atoms with Gasteiger partial charge < -0.3 is 0 Å². The second-order valence-electron chi connectivity index (χ2n) is 2.68. The molecular formula is C7H5N5O3S. The lowest BCUT2D eigenvalue weighted by atomic mass is 10.4. The van der Waals surface area contributed by atoms with Crippen LogP contribution >= 0.6 is 11.3 Å². The van der Waals surface area contributed by atoms with Crippen molar-refractivity contribution < 1.29 is 9.72 Å². The fraction of sp³-hybridized carbons (Fsp3) is 0. The summed E-state index contributed by atoms with van der Waals surface area (Å²) < 4.78 is 0. The summed E-state index contributed by atoms with van der Waals surface area (Å²) in [6.45, 7) is 0. The van der Waals surface area contributed by atoms with Crippen LogP contribution < -0.4 is 5.32 Å². The predicted octanol–water partition coefficient (Wildman–Crippen LogP) is 1.03. The number of nitrogens with one attached hydrogen (secondary N) is 2. The molecule has 2 rings (SSSR count). The van der Waals surface area contributed by atoms with Gasteiger partial charge in [0.15, 0.2) is 0 Å². The molecular weight excluding hydrogens is 234 g/mol. The van der Waals surface area contributed by atoms with Crippen molar-refractivity contribution in [2.75, 3.05) is 5.32 Å². The largest absolute Gasteiger partial charge is 0.324 e. The standard InChI is InChI=1S/C7H5N5O3S/c13-6(10-7-8-3-9-11-7)4-1-2-5(16-4)12(14)15/h1-3H,(H2,8,9,10,11,13). The SMILES string of the molecule is O=C(Nc1ncn[nH]1)c1ccc([N+](=O)[O-])s1. The summed E-state index contributed by atoms with van der Waals surface area (Å²) in [7, 11) is 0. The molecule has 8 nitrogen and oxygen atoms in total. The molecule has 0 fully saturated rings. The van der Waals surface area contributed by atoms with Gasteiger partial charge in [-0.2, -0.15) is 10.1 Å². The molecule has 0 unspecified atom stereocenters. The van der Waals surface area contributed by atoms with Crippen LogP contribution in [-0.4, -0.2) is 26.0 Å². The molecule has 0 saturated carbocycles. The van der Waals surface area contributed by atoms with E-state index in [2.05, 4.69) is 20.5 Å². The summed E-state index contributed by atoms with van der Waals surface area (Å²) in [6.07, 6.45) is 1.24. The zero-order valence-corrected chi connectivity index (χ0v) is 8.52. The van der Waals surface area contributed by atoms with Crippen molar-refractivity contribution in [2.24, 2.45) is 0 Å². The number of amides is 1. The molecule has 9 heteroatoms. The number of nitrogens with zero attached hydrogens (tertiary/aromatic N) is 3. The Hall–Kier alpha value is -2.29. The average molecular weight is 239 g/mol. The number of aromatic nitrogens is 3. The van der Waals surface area contributed by atoms with E-state index in [0.717, 1.165) is 11.3 Å². The summed E-state index contributed by atoms with van der Waals surface area (Å²) in [5.41, 5.74) is 0. The average Bonchev–Trinajstić information content (AvgIpc) is 2.86. The molecule has 0 spiro atoms. The van der Waals surface area contributed by atoms with Crippen LogP contribution in [0.5, 0.6) is 0 Å². The van der Waals surface area contributed by atoms with Crippen LogP contribution in [-0.2, 0) is 0 Å². The van der Waals surface area contributed by atoms with Gasteiger partial charge in [-0.15, -0.1) is 0 Å². The van der Waals surface area contributed by atoms with Gasteiger partial charge in [-0.25, -0.2) is 5.10 Å². The molecule has 16 heavy (non-hydrogen) atoms. The number of rotatable bonds is 3. The van der Waals surface area contributed by atoms with Crippen LogP contribution in [0, 0.1) is 10.1 Å². The molecule has 0 saturated heterocycles. The van der Waals surface area contributed by atoms with Gasteiger partial charge in [0, 0.05) is 6.07 Å². The number of hydrogen-bond acceptors (Lipinski definition) is 6. The van der Waals surface area contributed by atoms with Crippen LogP contribution in [0.15, 0.2) is 18.5 Å². The minimum absolute atomic E-state index is 0.0808. The van der Waals surface area contributed by atoms with E-state index in [1.807, 2.05) is 0 Å². The summed E-state index contributed by atoms with van der Waals surface area (Å²) in [5, 5.41) is 18.7. The molecule has 0 radical (unpaired) electrons. The van der Waals surface area contributed by atoms with Crippen molar-refractivity contribution in [1.82, 2.24) is 15.2 Å². The van der Waals surface area contributed by atoms with Crippen molar-refractivity contribution in [3.63, 3.8) is 0 Å². The van der Waals surface area contributed by atoms with E-state index < -0.39 is 10.8 Å². The Labute approximate surface area is 92.5 Å². The number of aromatic amines is 1. The van der Waals surface area contributed by atoms with Crippen molar-refractivity contribution in [1.29, 1.82) is 0 Å². The highest BCUT2D eigenvalue weighted by Gasteiger charge is 2.15. The Morgan fingerprint density at radius 3 is 2.94 bits per heavy atom. The molecule has 2 aromatic rings. The molecule has 0 atom stereocenters. The lowest BCUT2D eigenvalue weighted by molar-refractivity contribution is -0.380. The molecule has 0 aliphatic rings. The van der Waals surface area contributed by atoms with E-state index in [1.54, 1.807) is 0 Å². The number of nitro groups is 1. The smallest absolute Gasteiger partial charge is 0.290 e. The molecule has 0 aromatic carbocycles. The second-order valence-corrected chi connectivity index (χ2v) is 3.75. The lowest BCUT2D eigenvalue weighted by Gasteiger charge is -1.96. The maximum absolute atomic E-state index is 11.5. The number of carbonyl (C=O) groups excluding carboxylic acids is 1. The van der Waals surface area contributed by atoms with Crippen molar-refractivity contribution in [2.45, 2.75) is 0 Å².